The van der Waals surface area contributed by atoms with Gasteiger partial charge in [-0.3, -0.25) is 0 Å². The first kappa shape index (κ1) is 12.4. The maximum absolute atomic E-state index is 5.49. The zero-order chi connectivity index (χ0) is 11.5. The summed E-state index contributed by atoms with van der Waals surface area (Å²) < 4.78 is 5.49. The van der Waals surface area contributed by atoms with Crippen LogP contribution in [0.3, 0.4) is 0 Å². The first-order chi connectivity index (χ1) is 7.72. The molecule has 0 radical (unpaired) electrons. The zero-order valence-corrected chi connectivity index (χ0v) is 11.2. The fraction of sp³-hybridized carbons (Fsp3) is 1.00. The zero-order valence-electron chi connectivity index (χ0n) is 11.2. The minimum Gasteiger partial charge on any atom is -0.381 e. The Balaban J connectivity index is 1.94. The van der Waals surface area contributed by atoms with Gasteiger partial charge in [0.25, 0.3) is 0 Å². The third-order valence-electron chi connectivity index (χ3n) is 5.38. The van der Waals surface area contributed by atoms with E-state index in [4.69, 9.17) is 4.74 Å². The molecule has 1 aliphatic carbocycles. The third-order valence-corrected chi connectivity index (χ3v) is 5.38. The van der Waals surface area contributed by atoms with Gasteiger partial charge < -0.3 is 4.74 Å². The maximum atomic E-state index is 5.49. The van der Waals surface area contributed by atoms with Crippen molar-refractivity contribution >= 4 is 0 Å². The van der Waals surface area contributed by atoms with Gasteiger partial charge >= 0.3 is 0 Å². The Morgan fingerprint density at radius 2 is 1.69 bits per heavy atom. The van der Waals surface area contributed by atoms with E-state index in [1.54, 1.807) is 0 Å². The van der Waals surface area contributed by atoms with Gasteiger partial charge in [0.05, 0.1) is 0 Å². The van der Waals surface area contributed by atoms with Gasteiger partial charge in [-0.25, -0.2) is 0 Å². The second kappa shape index (κ2) is 5.53. The molecular formula is C15H28O. The van der Waals surface area contributed by atoms with Gasteiger partial charge in [0, 0.05) is 13.2 Å². The second-order valence-electron chi connectivity index (χ2n) is 6.19. The number of hydrogen-bond donors (Lipinski definition) is 0. The predicted molar refractivity (Wildman–Crippen MR) is 68.4 cm³/mol. The SMILES string of the molecule is CCC1CC(C2CCOCC2)CC(C)C1C. The lowest BCUT2D eigenvalue weighted by atomic mass is 9.64. The lowest BCUT2D eigenvalue weighted by Gasteiger charge is -2.42. The van der Waals surface area contributed by atoms with Gasteiger partial charge in [-0.15, -0.1) is 0 Å². The van der Waals surface area contributed by atoms with Crippen LogP contribution in [-0.2, 0) is 4.74 Å². The minimum atomic E-state index is 0.937. The van der Waals surface area contributed by atoms with Crippen LogP contribution in [0.4, 0.5) is 0 Å². The molecule has 2 fully saturated rings. The quantitative estimate of drug-likeness (QED) is 0.685. The van der Waals surface area contributed by atoms with Crippen molar-refractivity contribution in [3.8, 4) is 0 Å². The summed E-state index contributed by atoms with van der Waals surface area (Å²) >= 11 is 0. The van der Waals surface area contributed by atoms with Gasteiger partial charge in [-0.2, -0.15) is 0 Å². The average Bonchev–Trinajstić information content (AvgIpc) is 2.33. The molecule has 4 unspecified atom stereocenters. The van der Waals surface area contributed by atoms with Gasteiger partial charge in [-0.05, 0) is 55.3 Å². The van der Waals surface area contributed by atoms with Crippen LogP contribution in [0.5, 0.6) is 0 Å². The topological polar surface area (TPSA) is 9.23 Å². The van der Waals surface area contributed by atoms with Gasteiger partial charge in [0.15, 0.2) is 0 Å². The Bertz CT molecular complexity index is 207. The normalized spacial score (nSPS) is 42.2. The van der Waals surface area contributed by atoms with E-state index in [9.17, 15) is 0 Å². The second-order valence-corrected chi connectivity index (χ2v) is 6.19. The van der Waals surface area contributed by atoms with Crippen molar-refractivity contribution in [1.82, 2.24) is 0 Å². The molecule has 2 aliphatic rings. The van der Waals surface area contributed by atoms with E-state index >= 15 is 0 Å². The average molecular weight is 224 g/mol. The number of ether oxygens (including phenoxy) is 1. The lowest BCUT2D eigenvalue weighted by molar-refractivity contribution is 0.0138. The highest BCUT2D eigenvalue weighted by Crippen LogP contribution is 2.44. The molecule has 0 bridgehead atoms. The van der Waals surface area contributed by atoms with Crippen molar-refractivity contribution in [3.05, 3.63) is 0 Å². The summed E-state index contributed by atoms with van der Waals surface area (Å²) in [6.45, 7) is 9.35. The molecule has 1 heterocycles. The molecule has 0 aromatic heterocycles. The van der Waals surface area contributed by atoms with Crippen LogP contribution in [0, 0.1) is 29.6 Å². The summed E-state index contributed by atoms with van der Waals surface area (Å²) in [6.07, 6.45) is 6.99. The first-order valence-corrected chi connectivity index (χ1v) is 7.30. The largest absolute Gasteiger partial charge is 0.381 e. The Morgan fingerprint density at radius 3 is 2.31 bits per heavy atom. The van der Waals surface area contributed by atoms with Crippen LogP contribution in [0.1, 0.15) is 52.9 Å². The highest BCUT2D eigenvalue weighted by atomic mass is 16.5. The van der Waals surface area contributed by atoms with Crippen molar-refractivity contribution in [2.24, 2.45) is 29.6 Å². The molecule has 0 aromatic rings. The lowest BCUT2D eigenvalue weighted by Crippen LogP contribution is -2.34. The Hall–Kier alpha value is -0.0400. The summed E-state index contributed by atoms with van der Waals surface area (Å²) in [5, 5.41) is 0. The molecule has 1 aliphatic heterocycles. The van der Waals surface area contributed by atoms with Gasteiger partial charge in [-0.1, -0.05) is 27.2 Å². The highest BCUT2D eigenvalue weighted by Gasteiger charge is 2.35. The molecule has 1 nitrogen and oxygen atoms in total. The predicted octanol–water partition coefficient (Wildman–Crippen LogP) is 4.12. The molecule has 1 saturated heterocycles. The minimum absolute atomic E-state index is 0.937. The molecule has 1 saturated carbocycles. The summed E-state index contributed by atoms with van der Waals surface area (Å²) in [6, 6.07) is 0. The van der Waals surface area contributed by atoms with E-state index in [0.29, 0.717) is 0 Å². The van der Waals surface area contributed by atoms with E-state index in [1.165, 1.54) is 32.1 Å². The van der Waals surface area contributed by atoms with Crippen LogP contribution in [-0.4, -0.2) is 13.2 Å². The third kappa shape index (κ3) is 2.61. The van der Waals surface area contributed by atoms with E-state index in [0.717, 1.165) is 42.8 Å². The molecule has 0 N–H and O–H groups in total. The summed E-state index contributed by atoms with van der Waals surface area (Å²) in [5.74, 6) is 4.84. The van der Waals surface area contributed by atoms with Crippen LogP contribution in [0.15, 0.2) is 0 Å². The van der Waals surface area contributed by atoms with Gasteiger partial charge in [0.1, 0.15) is 0 Å². The van der Waals surface area contributed by atoms with E-state index in [-0.39, 0.29) is 0 Å². The van der Waals surface area contributed by atoms with Crippen LogP contribution < -0.4 is 0 Å². The standard InChI is InChI=1S/C15H28O/c1-4-13-10-15(9-11(2)12(13)3)14-5-7-16-8-6-14/h11-15H,4-10H2,1-3H3. The Kier molecular flexibility index (Phi) is 4.29. The molecular weight excluding hydrogens is 196 g/mol. The molecule has 4 atom stereocenters. The van der Waals surface area contributed by atoms with E-state index in [2.05, 4.69) is 20.8 Å². The van der Waals surface area contributed by atoms with Gasteiger partial charge in [0.2, 0.25) is 0 Å². The van der Waals surface area contributed by atoms with Crippen molar-refractivity contribution < 1.29 is 4.74 Å². The van der Waals surface area contributed by atoms with Crippen LogP contribution in [0.2, 0.25) is 0 Å². The van der Waals surface area contributed by atoms with Crippen molar-refractivity contribution in [1.29, 1.82) is 0 Å². The summed E-state index contributed by atoms with van der Waals surface area (Å²) in [7, 11) is 0. The molecule has 2 rings (SSSR count). The highest BCUT2D eigenvalue weighted by molar-refractivity contribution is 4.85. The summed E-state index contributed by atoms with van der Waals surface area (Å²) in [5.41, 5.74) is 0. The molecule has 94 valence electrons. The monoisotopic (exact) mass is 224 g/mol. The number of rotatable bonds is 2. The van der Waals surface area contributed by atoms with Crippen molar-refractivity contribution in [3.63, 3.8) is 0 Å². The Labute approximate surface area is 101 Å². The van der Waals surface area contributed by atoms with Crippen LogP contribution in [0.25, 0.3) is 0 Å². The molecule has 16 heavy (non-hydrogen) atoms. The first-order valence-electron chi connectivity index (χ1n) is 7.30. The maximum Gasteiger partial charge on any atom is 0.0468 e. The molecule has 0 amide bonds. The van der Waals surface area contributed by atoms with Crippen molar-refractivity contribution in [2.45, 2.75) is 52.9 Å². The summed E-state index contributed by atoms with van der Waals surface area (Å²) in [4.78, 5) is 0. The van der Waals surface area contributed by atoms with Crippen molar-refractivity contribution in [2.75, 3.05) is 13.2 Å². The number of hydrogen-bond acceptors (Lipinski definition) is 1. The molecule has 0 spiro atoms. The van der Waals surface area contributed by atoms with Crippen LogP contribution >= 0.6 is 0 Å². The smallest absolute Gasteiger partial charge is 0.0468 e. The molecule has 0 aromatic carbocycles. The molecule has 1 heteroatoms. The van der Waals surface area contributed by atoms with E-state index in [1.807, 2.05) is 0 Å². The Morgan fingerprint density at radius 1 is 1.00 bits per heavy atom. The fourth-order valence-corrected chi connectivity index (χ4v) is 3.97. The van der Waals surface area contributed by atoms with E-state index < -0.39 is 0 Å². The fourth-order valence-electron chi connectivity index (χ4n) is 3.97.